The molecule has 2 fully saturated rings. The van der Waals surface area contributed by atoms with Crippen LogP contribution in [-0.2, 0) is 11.3 Å². The van der Waals surface area contributed by atoms with Crippen molar-refractivity contribution in [3.05, 3.63) is 32.6 Å². The Morgan fingerprint density at radius 1 is 1.43 bits per heavy atom. The molecule has 1 aliphatic carbocycles. The molecule has 3 atom stereocenters. The molecule has 21 heavy (non-hydrogen) atoms. The first kappa shape index (κ1) is 14.5. The van der Waals surface area contributed by atoms with Crippen molar-refractivity contribution in [2.45, 2.75) is 50.0 Å². The summed E-state index contributed by atoms with van der Waals surface area (Å²) < 4.78 is 5.77. The molecule has 1 saturated heterocycles. The van der Waals surface area contributed by atoms with Crippen molar-refractivity contribution in [3.8, 4) is 0 Å². The maximum Gasteiger partial charge on any atom is 0.325 e. The Bertz CT molecular complexity index is 597. The highest BCUT2D eigenvalue weighted by Gasteiger charge is 2.50. The van der Waals surface area contributed by atoms with Gasteiger partial charge < -0.3 is 14.8 Å². The molecule has 2 heterocycles. The second-order valence-electron chi connectivity index (χ2n) is 6.05. The van der Waals surface area contributed by atoms with Gasteiger partial charge in [0.1, 0.15) is 0 Å². The quantitative estimate of drug-likeness (QED) is 0.703. The predicted molar refractivity (Wildman–Crippen MR) is 76.1 cm³/mol. The summed E-state index contributed by atoms with van der Waals surface area (Å²) in [7, 11) is 1.73. The van der Waals surface area contributed by atoms with Crippen LogP contribution in [0, 0.1) is 0 Å². The van der Waals surface area contributed by atoms with Gasteiger partial charge in [-0.3, -0.25) is 14.7 Å². The molecular formula is C14H21N3O4. The first-order valence-electron chi connectivity index (χ1n) is 7.32. The number of likely N-dealkylation sites (tertiary alicyclic amines) is 1. The van der Waals surface area contributed by atoms with E-state index in [1.807, 2.05) is 0 Å². The molecule has 3 N–H and O–H groups in total. The molecule has 3 rings (SSSR count). The van der Waals surface area contributed by atoms with Crippen LogP contribution in [0.5, 0.6) is 0 Å². The molecule has 0 aromatic carbocycles. The lowest BCUT2D eigenvalue weighted by Gasteiger charge is -2.42. The number of H-pyrrole nitrogens is 2. The highest BCUT2D eigenvalue weighted by Crippen LogP contribution is 2.42. The van der Waals surface area contributed by atoms with Crippen LogP contribution in [0.1, 0.15) is 31.4 Å². The molecule has 1 aliphatic heterocycles. The lowest BCUT2D eigenvalue weighted by atomic mass is 9.79. The standard InChI is InChI=1S/C14H21N3O4/c1-21-14-3-2-10(18)7-11(14)17(5-4-14)8-9-6-12(19)16-13(20)15-9/h6,10-11,18H,2-5,7-8H2,1H3,(H2,15,16,19,20)/t10-,11-,14+/m0/s1. The van der Waals surface area contributed by atoms with Gasteiger partial charge in [0.05, 0.1) is 11.7 Å². The Morgan fingerprint density at radius 2 is 2.24 bits per heavy atom. The number of nitrogens with zero attached hydrogens (tertiary/aromatic N) is 1. The lowest BCUT2D eigenvalue weighted by Crippen LogP contribution is -2.51. The van der Waals surface area contributed by atoms with Gasteiger partial charge in [-0.15, -0.1) is 0 Å². The summed E-state index contributed by atoms with van der Waals surface area (Å²) in [4.78, 5) is 29.7. The average Bonchev–Trinajstić information content (AvgIpc) is 2.77. The number of hydrogen-bond acceptors (Lipinski definition) is 5. The van der Waals surface area contributed by atoms with Gasteiger partial charge in [0.2, 0.25) is 0 Å². The Labute approximate surface area is 121 Å². The van der Waals surface area contributed by atoms with Gasteiger partial charge in [-0.1, -0.05) is 0 Å². The van der Waals surface area contributed by atoms with Crippen molar-refractivity contribution < 1.29 is 9.84 Å². The number of aromatic amines is 2. The molecule has 0 bridgehead atoms. The van der Waals surface area contributed by atoms with E-state index in [9.17, 15) is 14.7 Å². The van der Waals surface area contributed by atoms with Crippen molar-refractivity contribution in [3.63, 3.8) is 0 Å². The van der Waals surface area contributed by atoms with E-state index in [2.05, 4.69) is 14.9 Å². The van der Waals surface area contributed by atoms with E-state index in [0.29, 0.717) is 18.7 Å². The molecule has 116 valence electrons. The van der Waals surface area contributed by atoms with Crippen LogP contribution in [0.25, 0.3) is 0 Å². The van der Waals surface area contributed by atoms with E-state index in [1.165, 1.54) is 6.07 Å². The number of ether oxygens (including phenoxy) is 1. The summed E-state index contributed by atoms with van der Waals surface area (Å²) in [6.07, 6.45) is 2.88. The minimum Gasteiger partial charge on any atom is -0.393 e. The van der Waals surface area contributed by atoms with Gasteiger partial charge in [-0.25, -0.2) is 4.79 Å². The maximum atomic E-state index is 11.4. The van der Waals surface area contributed by atoms with Gasteiger partial charge in [-0.05, 0) is 25.7 Å². The van der Waals surface area contributed by atoms with Crippen LogP contribution in [0.15, 0.2) is 15.7 Å². The van der Waals surface area contributed by atoms with Gasteiger partial charge in [0.25, 0.3) is 5.56 Å². The fourth-order valence-corrected chi connectivity index (χ4v) is 3.78. The van der Waals surface area contributed by atoms with Crippen molar-refractivity contribution in [1.82, 2.24) is 14.9 Å². The first-order valence-corrected chi connectivity index (χ1v) is 7.32. The van der Waals surface area contributed by atoms with Crippen molar-refractivity contribution in [2.75, 3.05) is 13.7 Å². The molecular weight excluding hydrogens is 274 g/mol. The van der Waals surface area contributed by atoms with Gasteiger partial charge in [0.15, 0.2) is 0 Å². The first-order chi connectivity index (χ1) is 10.0. The van der Waals surface area contributed by atoms with Gasteiger partial charge in [0, 0.05) is 38.0 Å². The molecule has 0 amide bonds. The van der Waals surface area contributed by atoms with E-state index in [-0.39, 0.29) is 17.7 Å². The molecule has 1 saturated carbocycles. The summed E-state index contributed by atoms with van der Waals surface area (Å²) >= 11 is 0. The van der Waals surface area contributed by atoms with E-state index in [0.717, 1.165) is 25.8 Å². The normalized spacial score (nSPS) is 33.0. The zero-order valence-electron chi connectivity index (χ0n) is 12.1. The summed E-state index contributed by atoms with van der Waals surface area (Å²) in [6.45, 7) is 1.32. The maximum absolute atomic E-state index is 11.4. The monoisotopic (exact) mass is 295 g/mol. The second-order valence-corrected chi connectivity index (χ2v) is 6.05. The molecule has 0 radical (unpaired) electrons. The molecule has 2 aliphatic rings. The number of aliphatic hydroxyl groups is 1. The fourth-order valence-electron chi connectivity index (χ4n) is 3.78. The summed E-state index contributed by atoms with van der Waals surface area (Å²) in [6, 6.07) is 1.53. The number of aliphatic hydroxyl groups excluding tert-OH is 1. The number of methoxy groups -OCH3 is 1. The van der Waals surface area contributed by atoms with Crippen LogP contribution in [0.2, 0.25) is 0 Å². The van der Waals surface area contributed by atoms with Crippen LogP contribution >= 0.6 is 0 Å². The summed E-state index contributed by atoms with van der Waals surface area (Å²) in [5.41, 5.74) is -0.496. The highest BCUT2D eigenvalue weighted by atomic mass is 16.5. The van der Waals surface area contributed by atoms with E-state index >= 15 is 0 Å². The second kappa shape index (κ2) is 5.40. The van der Waals surface area contributed by atoms with Crippen LogP contribution in [0.4, 0.5) is 0 Å². The molecule has 0 unspecified atom stereocenters. The fraction of sp³-hybridized carbons (Fsp3) is 0.714. The van der Waals surface area contributed by atoms with Gasteiger partial charge >= 0.3 is 5.69 Å². The number of nitrogens with one attached hydrogen (secondary N) is 2. The minimum absolute atomic E-state index is 0.119. The molecule has 0 spiro atoms. The van der Waals surface area contributed by atoms with Crippen LogP contribution in [-0.4, -0.2) is 51.4 Å². The number of fused-ring (bicyclic) bond motifs is 1. The highest BCUT2D eigenvalue weighted by molar-refractivity contribution is 5.08. The third-order valence-electron chi connectivity index (χ3n) is 4.86. The zero-order chi connectivity index (χ0) is 15.0. The lowest BCUT2D eigenvalue weighted by molar-refractivity contribution is -0.0880. The summed E-state index contributed by atoms with van der Waals surface area (Å²) in [5.74, 6) is 0. The molecule has 1 aromatic heterocycles. The topological polar surface area (TPSA) is 98.4 Å². The van der Waals surface area contributed by atoms with Crippen LogP contribution < -0.4 is 11.2 Å². The van der Waals surface area contributed by atoms with Crippen molar-refractivity contribution in [2.24, 2.45) is 0 Å². The Balaban J connectivity index is 1.82. The smallest absolute Gasteiger partial charge is 0.325 e. The predicted octanol–water partition coefficient (Wildman–Crippen LogP) is -0.432. The van der Waals surface area contributed by atoms with Crippen molar-refractivity contribution in [1.29, 1.82) is 0 Å². The minimum atomic E-state index is -0.488. The summed E-state index contributed by atoms with van der Waals surface area (Å²) in [5, 5.41) is 9.94. The largest absolute Gasteiger partial charge is 0.393 e. The Kier molecular flexibility index (Phi) is 3.73. The number of rotatable bonds is 3. The van der Waals surface area contributed by atoms with Crippen LogP contribution in [0.3, 0.4) is 0 Å². The average molecular weight is 295 g/mol. The Morgan fingerprint density at radius 3 is 2.95 bits per heavy atom. The molecule has 7 heteroatoms. The third-order valence-corrected chi connectivity index (χ3v) is 4.86. The van der Waals surface area contributed by atoms with E-state index in [4.69, 9.17) is 4.74 Å². The Hall–Kier alpha value is -1.44. The van der Waals surface area contributed by atoms with E-state index < -0.39 is 11.2 Å². The molecule has 7 nitrogen and oxygen atoms in total. The zero-order valence-corrected chi connectivity index (χ0v) is 12.1. The number of aromatic nitrogens is 2. The van der Waals surface area contributed by atoms with Crippen molar-refractivity contribution >= 4 is 0 Å². The SMILES string of the molecule is CO[C@@]12CC[C@H](O)C[C@@H]1N(Cc1cc(=O)[nH]c(=O)[nH]1)CC2. The number of hydrogen-bond donors (Lipinski definition) is 3. The van der Waals surface area contributed by atoms with Gasteiger partial charge in [-0.2, -0.15) is 0 Å². The third kappa shape index (κ3) is 2.68. The van der Waals surface area contributed by atoms with E-state index in [1.54, 1.807) is 7.11 Å². The molecule has 1 aromatic rings.